The van der Waals surface area contributed by atoms with Crippen LogP contribution in [-0.2, 0) is 0 Å². The lowest BCUT2D eigenvalue weighted by molar-refractivity contribution is 0.105. The molecule has 0 fully saturated rings. The molecule has 0 spiro atoms. The normalized spacial score (nSPS) is 13.8. The van der Waals surface area contributed by atoms with Crippen LogP contribution >= 0.6 is 0 Å². The van der Waals surface area contributed by atoms with Crippen molar-refractivity contribution in [3.63, 3.8) is 0 Å². The standard InChI is InChI=1S/C11H26N2O2/c1-4-12(5-2)10-11(3)13(6-8-14)7-9-15/h11,14-15H,4-10H2,1-3H3. The fourth-order valence-corrected chi connectivity index (χ4v) is 1.78. The van der Waals surface area contributed by atoms with E-state index in [4.69, 9.17) is 10.2 Å². The summed E-state index contributed by atoms with van der Waals surface area (Å²) >= 11 is 0. The van der Waals surface area contributed by atoms with Crippen molar-refractivity contribution in [2.45, 2.75) is 26.8 Å². The summed E-state index contributed by atoms with van der Waals surface area (Å²) in [4.78, 5) is 4.48. The van der Waals surface area contributed by atoms with Crippen molar-refractivity contribution in [1.29, 1.82) is 0 Å². The molecule has 0 bridgehead atoms. The van der Waals surface area contributed by atoms with Crippen LogP contribution < -0.4 is 0 Å². The molecule has 92 valence electrons. The second kappa shape index (κ2) is 9.09. The van der Waals surface area contributed by atoms with Gasteiger partial charge in [0.15, 0.2) is 0 Å². The summed E-state index contributed by atoms with van der Waals surface area (Å²) in [6.45, 7) is 11.1. The highest BCUT2D eigenvalue weighted by Gasteiger charge is 2.14. The van der Waals surface area contributed by atoms with Gasteiger partial charge in [-0.3, -0.25) is 4.90 Å². The Labute approximate surface area is 93.5 Å². The van der Waals surface area contributed by atoms with Gasteiger partial charge in [-0.15, -0.1) is 0 Å². The van der Waals surface area contributed by atoms with Crippen molar-refractivity contribution in [3.8, 4) is 0 Å². The molecule has 0 aromatic rings. The Morgan fingerprint density at radius 1 is 1.00 bits per heavy atom. The number of nitrogens with zero attached hydrogens (tertiary/aromatic N) is 2. The van der Waals surface area contributed by atoms with Crippen LogP contribution in [0, 0.1) is 0 Å². The van der Waals surface area contributed by atoms with E-state index in [1.807, 2.05) is 0 Å². The molecule has 1 atom stereocenters. The fourth-order valence-electron chi connectivity index (χ4n) is 1.78. The Hall–Kier alpha value is -0.160. The van der Waals surface area contributed by atoms with E-state index in [1.54, 1.807) is 0 Å². The molecule has 0 aliphatic carbocycles. The number of hydrogen-bond donors (Lipinski definition) is 2. The first-order valence-corrected chi connectivity index (χ1v) is 5.87. The van der Waals surface area contributed by atoms with Gasteiger partial charge in [-0.1, -0.05) is 13.8 Å². The highest BCUT2D eigenvalue weighted by molar-refractivity contribution is 4.70. The molecule has 0 heterocycles. The van der Waals surface area contributed by atoms with Crippen LogP contribution in [-0.4, -0.2) is 72.0 Å². The van der Waals surface area contributed by atoms with E-state index in [1.165, 1.54) is 0 Å². The molecule has 0 saturated heterocycles. The Morgan fingerprint density at radius 2 is 1.47 bits per heavy atom. The molecular weight excluding hydrogens is 192 g/mol. The Balaban J connectivity index is 4.04. The monoisotopic (exact) mass is 218 g/mol. The molecule has 0 aliphatic heterocycles. The van der Waals surface area contributed by atoms with Gasteiger partial charge in [-0.25, -0.2) is 0 Å². The Morgan fingerprint density at radius 3 is 1.80 bits per heavy atom. The topological polar surface area (TPSA) is 46.9 Å². The molecule has 0 aromatic carbocycles. The number of rotatable bonds is 9. The van der Waals surface area contributed by atoms with Gasteiger partial charge in [0.1, 0.15) is 0 Å². The summed E-state index contributed by atoms with van der Waals surface area (Å²) in [6.07, 6.45) is 0. The zero-order valence-corrected chi connectivity index (χ0v) is 10.3. The molecule has 0 amide bonds. The van der Waals surface area contributed by atoms with Crippen LogP contribution in [0.3, 0.4) is 0 Å². The second-order valence-corrected chi connectivity index (χ2v) is 3.82. The third kappa shape index (κ3) is 6.10. The van der Waals surface area contributed by atoms with E-state index in [0.29, 0.717) is 19.1 Å². The van der Waals surface area contributed by atoms with Crippen LogP contribution in [0.5, 0.6) is 0 Å². The molecule has 0 radical (unpaired) electrons. The zero-order valence-electron chi connectivity index (χ0n) is 10.3. The van der Waals surface area contributed by atoms with Crippen LogP contribution in [0.1, 0.15) is 20.8 Å². The number of hydrogen-bond acceptors (Lipinski definition) is 4. The highest BCUT2D eigenvalue weighted by Crippen LogP contribution is 2.01. The van der Waals surface area contributed by atoms with E-state index in [0.717, 1.165) is 19.6 Å². The first-order chi connectivity index (χ1) is 7.19. The van der Waals surface area contributed by atoms with Crippen LogP contribution in [0.2, 0.25) is 0 Å². The smallest absolute Gasteiger partial charge is 0.0558 e. The largest absolute Gasteiger partial charge is 0.395 e. The van der Waals surface area contributed by atoms with Crippen molar-refractivity contribution in [2.24, 2.45) is 0 Å². The maximum Gasteiger partial charge on any atom is 0.0558 e. The van der Waals surface area contributed by atoms with Crippen molar-refractivity contribution in [2.75, 3.05) is 45.9 Å². The predicted molar refractivity (Wildman–Crippen MR) is 63.0 cm³/mol. The third-order valence-corrected chi connectivity index (χ3v) is 2.81. The average Bonchev–Trinajstić information content (AvgIpc) is 2.25. The minimum absolute atomic E-state index is 0.155. The Kier molecular flexibility index (Phi) is 9.00. The first kappa shape index (κ1) is 14.8. The summed E-state index contributed by atoms with van der Waals surface area (Å²) in [5.74, 6) is 0. The average molecular weight is 218 g/mol. The quantitative estimate of drug-likeness (QED) is 0.572. The molecule has 15 heavy (non-hydrogen) atoms. The van der Waals surface area contributed by atoms with Crippen LogP contribution in [0.25, 0.3) is 0 Å². The SMILES string of the molecule is CCN(CC)CC(C)N(CCO)CCO. The number of aliphatic hydroxyl groups excluding tert-OH is 2. The molecular formula is C11H26N2O2. The van der Waals surface area contributed by atoms with E-state index < -0.39 is 0 Å². The minimum atomic E-state index is 0.155. The molecule has 1 unspecified atom stereocenters. The van der Waals surface area contributed by atoms with E-state index in [-0.39, 0.29) is 13.2 Å². The summed E-state index contributed by atoms with van der Waals surface area (Å²) in [5, 5.41) is 17.8. The van der Waals surface area contributed by atoms with Crippen LogP contribution in [0.4, 0.5) is 0 Å². The fraction of sp³-hybridized carbons (Fsp3) is 1.00. The van der Waals surface area contributed by atoms with Gasteiger partial charge in [0.05, 0.1) is 13.2 Å². The Bertz CT molecular complexity index is 135. The van der Waals surface area contributed by atoms with E-state index in [9.17, 15) is 0 Å². The number of aliphatic hydroxyl groups is 2. The molecule has 0 saturated carbocycles. The van der Waals surface area contributed by atoms with Gasteiger partial charge in [0.25, 0.3) is 0 Å². The molecule has 0 aromatic heterocycles. The lowest BCUT2D eigenvalue weighted by atomic mass is 10.2. The molecule has 4 heteroatoms. The second-order valence-electron chi connectivity index (χ2n) is 3.82. The van der Waals surface area contributed by atoms with Gasteiger partial charge >= 0.3 is 0 Å². The van der Waals surface area contributed by atoms with Gasteiger partial charge in [0, 0.05) is 25.7 Å². The van der Waals surface area contributed by atoms with E-state index in [2.05, 4.69) is 30.6 Å². The number of likely N-dealkylation sites (N-methyl/N-ethyl adjacent to an activating group) is 1. The van der Waals surface area contributed by atoms with Crippen molar-refractivity contribution < 1.29 is 10.2 Å². The lowest BCUT2D eigenvalue weighted by Crippen LogP contribution is -2.44. The molecule has 0 rings (SSSR count). The summed E-state index contributed by atoms with van der Waals surface area (Å²) in [6, 6.07) is 0.379. The molecule has 4 nitrogen and oxygen atoms in total. The maximum atomic E-state index is 8.92. The first-order valence-electron chi connectivity index (χ1n) is 5.87. The van der Waals surface area contributed by atoms with Gasteiger partial charge < -0.3 is 15.1 Å². The summed E-state index contributed by atoms with van der Waals surface area (Å²) in [5.41, 5.74) is 0. The molecule has 2 N–H and O–H groups in total. The van der Waals surface area contributed by atoms with Crippen LogP contribution in [0.15, 0.2) is 0 Å². The van der Waals surface area contributed by atoms with Gasteiger partial charge in [0.2, 0.25) is 0 Å². The van der Waals surface area contributed by atoms with Crippen molar-refractivity contribution >= 4 is 0 Å². The summed E-state index contributed by atoms with van der Waals surface area (Å²) in [7, 11) is 0. The third-order valence-electron chi connectivity index (χ3n) is 2.81. The highest BCUT2D eigenvalue weighted by atomic mass is 16.3. The maximum absolute atomic E-state index is 8.92. The predicted octanol–water partition coefficient (Wildman–Crippen LogP) is 0.00330. The van der Waals surface area contributed by atoms with Crippen molar-refractivity contribution in [1.82, 2.24) is 9.80 Å². The van der Waals surface area contributed by atoms with Crippen molar-refractivity contribution in [3.05, 3.63) is 0 Å². The summed E-state index contributed by atoms with van der Waals surface area (Å²) < 4.78 is 0. The lowest BCUT2D eigenvalue weighted by Gasteiger charge is -2.31. The zero-order chi connectivity index (χ0) is 11.7. The van der Waals surface area contributed by atoms with Gasteiger partial charge in [-0.2, -0.15) is 0 Å². The molecule has 0 aliphatic rings. The van der Waals surface area contributed by atoms with E-state index >= 15 is 0 Å². The minimum Gasteiger partial charge on any atom is -0.395 e. The van der Waals surface area contributed by atoms with Gasteiger partial charge in [-0.05, 0) is 20.0 Å².